The largest absolute Gasteiger partial charge is 0.411 e. The van der Waals surface area contributed by atoms with Crippen LogP contribution >= 0.6 is 12.4 Å². The lowest BCUT2D eigenvalue weighted by molar-refractivity contribution is 0.168. The van der Waals surface area contributed by atoms with Crippen molar-refractivity contribution in [2.24, 2.45) is 11.1 Å². The predicted molar refractivity (Wildman–Crippen MR) is 76.6 cm³/mol. The molecule has 1 fully saturated rings. The quantitative estimate of drug-likeness (QED) is 0.661. The maximum atomic E-state index is 8.92. The third kappa shape index (κ3) is 3.47. The summed E-state index contributed by atoms with van der Waals surface area (Å²) in [5, 5.41) is 12.3. The minimum Gasteiger partial charge on any atom is -0.411 e. The molecule has 0 spiro atoms. The Morgan fingerprint density at radius 1 is 1.28 bits per heavy atom. The van der Waals surface area contributed by atoms with Crippen LogP contribution in [0.15, 0.2) is 35.5 Å². The monoisotopic (exact) mass is 268 g/mol. The van der Waals surface area contributed by atoms with Gasteiger partial charge in [-0.05, 0) is 12.5 Å². The van der Waals surface area contributed by atoms with E-state index < -0.39 is 0 Å². The molecule has 1 N–H and O–H groups in total. The topological polar surface area (TPSA) is 35.8 Å². The molecule has 0 radical (unpaired) electrons. The summed E-state index contributed by atoms with van der Waals surface area (Å²) >= 11 is 0. The highest BCUT2D eigenvalue weighted by atomic mass is 35.5. The average molecular weight is 269 g/mol. The van der Waals surface area contributed by atoms with Gasteiger partial charge in [0.15, 0.2) is 0 Å². The lowest BCUT2D eigenvalue weighted by atomic mass is 9.92. The third-order valence-corrected chi connectivity index (χ3v) is 3.56. The fourth-order valence-electron chi connectivity index (χ4n) is 2.45. The summed E-state index contributed by atoms with van der Waals surface area (Å²) in [6, 6.07) is 11.0. The third-order valence-electron chi connectivity index (χ3n) is 3.56. The van der Waals surface area contributed by atoms with E-state index in [2.05, 4.69) is 48.2 Å². The molecule has 1 aliphatic rings. The van der Waals surface area contributed by atoms with Crippen molar-refractivity contribution in [1.29, 1.82) is 0 Å². The molecule has 1 saturated heterocycles. The van der Waals surface area contributed by atoms with E-state index in [1.165, 1.54) is 5.56 Å². The van der Waals surface area contributed by atoms with Crippen LogP contribution in [0.4, 0.5) is 0 Å². The molecule has 4 heteroatoms. The molecular weight excluding hydrogens is 248 g/mol. The SMILES string of the molecule is CC1CN(Cc2ccccc2)C(C)C/C1=N\O.Cl. The summed E-state index contributed by atoms with van der Waals surface area (Å²) in [6.45, 7) is 6.26. The molecule has 2 unspecified atom stereocenters. The zero-order chi connectivity index (χ0) is 12.3. The second-order valence-corrected chi connectivity index (χ2v) is 4.96. The molecule has 100 valence electrons. The number of nitrogens with zero attached hydrogens (tertiary/aromatic N) is 2. The molecule has 0 aromatic heterocycles. The molecule has 1 aromatic rings. The first-order valence-electron chi connectivity index (χ1n) is 6.19. The predicted octanol–water partition coefficient (Wildman–Crippen LogP) is 3.17. The van der Waals surface area contributed by atoms with Gasteiger partial charge in [-0.15, -0.1) is 12.4 Å². The fraction of sp³-hybridized carbons (Fsp3) is 0.500. The Kier molecular flexibility index (Phi) is 5.63. The fourth-order valence-corrected chi connectivity index (χ4v) is 2.45. The molecule has 3 nitrogen and oxygen atoms in total. The maximum Gasteiger partial charge on any atom is 0.0627 e. The Labute approximate surface area is 115 Å². The highest BCUT2D eigenvalue weighted by Gasteiger charge is 2.27. The van der Waals surface area contributed by atoms with Crippen molar-refractivity contribution in [2.45, 2.75) is 32.9 Å². The van der Waals surface area contributed by atoms with E-state index >= 15 is 0 Å². The van der Waals surface area contributed by atoms with Crippen LogP contribution in [0.3, 0.4) is 0 Å². The summed E-state index contributed by atoms with van der Waals surface area (Å²) in [5.74, 6) is 0.347. The lowest BCUT2D eigenvalue weighted by Crippen LogP contribution is -2.44. The highest BCUT2D eigenvalue weighted by molar-refractivity contribution is 5.87. The summed E-state index contributed by atoms with van der Waals surface area (Å²) in [7, 11) is 0. The first kappa shape index (κ1) is 15.0. The number of rotatable bonds is 2. The van der Waals surface area contributed by atoms with Gasteiger partial charge in [-0.2, -0.15) is 0 Å². The van der Waals surface area contributed by atoms with Crippen molar-refractivity contribution in [2.75, 3.05) is 6.54 Å². The zero-order valence-corrected chi connectivity index (χ0v) is 11.7. The van der Waals surface area contributed by atoms with Crippen LogP contribution in [-0.4, -0.2) is 28.4 Å². The number of hydrogen-bond donors (Lipinski definition) is 1. The second-order valence-electron chi connectivity index (χ2n) is 4.96. The number of benzene rings is 1. The normalized spacial score (nSPS) is 26.9. The number of likely N-dealkylation sites (tertiary alicyclic amines) is 1. The summed E-state index contributed by atoms with van der Waals surface area (Å²) < 4.78 is 0. The minimum absolute atomic E-state index is 0. The van der Waals surface area contributed by atoms with E-state index in [-0.39, 0.29) is 12.4 Å². The van der Waals surface area contributed by atoms with Crippen LogP contribution in [0, 0.1) is 5.92 Å². The van der Waals surface area contributed by atoms with E-state index in [4.69, 9.17) is 5.21 Å². The molecule has 0 amide bonds. The van der Waals surface area contributed by atoms with Crippen molar-refractivity contribution in [3.05, 3.63) is 35.9 Å². The number of oxime groups is 1. The summed E-state index contributed by atoms with van der Waals surface area (Å²) in [6.07, 6.45) is 0.866. The maximum absolute atomic E-state index is 8.92. The van der Waals surface area contributed by atoms with Gasteiger partial charge < -0.3 is 5.21 Å². The number of halogens is 1. The van der Waals surface area contributed by atoms with E-state index in [0.717, 1.165) is 25.2 Å². The van der Waals surface area contributed by atoms with Gasteiger partial charge in [-0.3, -0.25) is 4.90 Å². The Hall–Kier alpha value is -1.06. The molecule has 0 saturated carbocycles. The molecule has 2 atom stereocenters. The van der Waals surface area contributed by atoms with E-state index in [1.807, 2.05) is 6.07 Å². The van der Waals surface area contributed by atoms with Gasteiger partial charge in [-0.25, -0.2) is 0 Å². The van der Waals surface area contributed by atoms with Crippen molar-refractivity contribution < 1.29 is 5.21 Å². The average Bonchev–Trinajstić information content (AvgIpc) is 2.34. The van der Waals surface area contributed by atoms with Crippen LogP contribution in [0.1, 0.15) is 25.8 Å². The Morgan fingerprint density at radius 2 is 1.94 bits per heavy atom. The number of hydrogen-bond acceptors (Lipinski definition) is 3. The van der Waals surface area contributed by atoms with Crippen molar-refractivity contribution >= 4 is 18.1 Å². The van der Waals surface area contributed by atoms with Gasteiger partial charge in [0, 0.05) is 31.5 Å². The molecule has 2 rings (SSSR count). The lowest BCUT2D eigenvalue weighted by Gasteiger charge is -2.37. The molecule has 0 bridgehead atoms. The Balaban J connectivity index is 0.00000162. The van der Waals surface area contributed by atoms with Crippen LogP contribution in [-0.2, 0) is 6.54 Å². The van der Waals surface area contributed by atoms with Crippen molar-refractivity contribution in [1.82, 2.24) is 4.90 Å². The second kappa shape index (κ2) is 6.76. The van der Waals surface area contributed by atoms with Crippen molar-refractivity contribution in [3.8, 4) is 0 Å². The zero-order valence-electron chi connectivity index (χ0n) is 10.9. The van der Waals surface area contributed by atoms with Crippen LogP contribution in [0.5, 0.6) is 0 Å². The van der Waals surface area contributed by atoms with Gasteiger partial charge in [-0.1, -0.05) is 42.4 Å². The molecular formula is C14H21ClN2O. The summed E-state index contributed by atoms with van der Waals surface area (Å²) in [5.41, 5.74) is 2.28. The van der Waals surface area contributed by atoms with Gasteiger partial charge in [0.1, 0.15) is 0 Å². The standard InChI is InChI=1S/C14H20N2O.ClH/c1-11-9-16(12(2)8-14(11)15-17)10-13-6-4-3-5-7-13;/h3-7,11-12,17H,8-10H2,1-2H3;1H/b15-14+;. The first-order chi connectivity index (χ1) is 8.20. The molecule has 0 aliphatic carbocycles. The number of piperidine rings is 1. The first-order valence-corrected chi connectivity index (χ1v) is 6.19. The minimum atomic E-state index is 0. The molecule has 1 aromatic carbocycles. The van der Waals surface area contributed by atoms with Gasteiger partial charge >= 0.3 is 0 Å². The van der Waals surface area contributed by atoms with Gasteiger partial charge in [0.25, 0.3) is 0 Å². The van der Waals surface area contributed by atoms with Crippen LogP contribution in [0.25, 0.3) is 0 Å². The van der Waals surface area contributed by atoms with Crippen LogP contribution in [0.2, 0.25) is 0 Å². The highest BCUT2D eigenvalue weighted by Crippen LogP contribution is 2.21. The van der Waals surface area contributed by atoms with E-state index in [1.54, 1.807) is 0 Å². The molecule has 18 heavy (non-hydrogen) atoms. The smallest absolute Gasteiger partial charge is 0.0627 e. The molecule has 1 heterocycles. The summed E-state index contributed by atoms with van der Waals surface area (Å²) in [4.78, 5) is 2.45. The van der Waals surface area contributed by atoms with Gasteiger partial charge in [0.2, 0.25) is 0 Å². The van der Waals surface area contributed by atoms with E-state index in [0.29, 0.717) is 12.0 Å². The van der Waals surface area contributed by atoms with Gasteiger partial charge in [0.05, 0.1) is 5.71 Å². The van der Waals surface area contributed by atoms with Crippen molar-refractivity contribution in [3.63, 3.8) is 0 Å². The molecule has 1 aliphatic heterocycles. The Bertz CT molecular complexity index is 394. The van der Waals surface area contributed by atoms with Crippen LogP contribution < -0.4 is 0 Å². The van der Waals surface area contributed by atoms with E-state index in [9.17, 15) is 0 Å². The Morgan fingerprint density at radius 3 is 2.56 bits per heavy atom.